The van der Waals surface area contributed by atoms with Gasteiger partial charge in [0.2, 0.25) is 5.13 Å². The van der Waals surface area contributed by atoms with Crippen LogP contribution in [0.2, 0.25) is 0 Å². The minimum Gasteiger partial charge on any atom is -0.507 e. The monoisotopic (exact) mass is 771 g/mol. The number of nitrogens with zero attached hydrogens (tertiary/aromatic N) is 3. The van der Waals surface area contributed by atoms with Gasteiger partial charge in [-0.2, -0.15) is 0 Å². The molecule has 5 aromatic carbocycles. The van der Waals surface area contributed by atoms with E-state index in [1.807, 2.05) is 43.3 Å². The van der Waals surface area contributed by atoms with Crippen molar-refractivity contribution in [3.05, 3.63) is 143 Å². The summed E-state index contributed by atoms with van der Waals surface area (Å²) in [5, 5.41) is 23.2. The molecule has 1 aromatic heterocycles. The van der Waals surface area contributed by atoms with Crippen LogP contribution in [0.4, 0.5) is 5.13 Å². The molecule has 11 heteroatoms. The van der Waals surface area contributed by atoms with E-state index in [4.69, 9.17) is 14.2 Å². The van der Waals surface area contributed by atoms with Crippen LogP contribution in [-0.2, 0) is 21.9 Å². The normalized spacial score (nSPS) is 15.1. The van der Waals surface area contributed by atoms with E-state index >= 15 is 0 Å². The summed E-state index contributed by atoms with van der Waals surface area (Å²) in [6, 6.07) is 33.6. The van der Waals surface area contributed by atoms with Gasteiger partial charge in [-0.25, -0.2) is 0 Å². The minimum absolute atomic E-state index is 0.0720. The summed E-state index contributed by atoms with van der Waals surface area (Å²) in [6.07, 6.45) is 3.00. The van der Waals surface area contributed by atoms with E-state index < -0.39 is 17.7 Å². The fraction of sp³-hybridized carbons (Fsp3) is 0.227. The quantitative estimate of drug-likeness (QED) is 0.0272. The second kappa shape index (κ2) is 17.2. The van der Waals surface area contributed by atoms with Gasteiger partial charge in [0.15, 0.2) is 15.8 Å². The molecule has 9 nitrogen and oxygen atoms in total. The van der Waals surface area contributed by atoms with Gasteiger partial charge in [-0.15, -0.1) is 10.2 Å². The Morgan fingerprint density at radius 2 is 1.67 bits per heavy atom. The number of ketones is 1. The smallest absolute Gasteiger partial charge is 0.301 e. The molecule has 0 radical (unpaired) electrons. The predicted octanol–water partition coefficient (Wildman–Crippen LogP) is 10.1. The van der Waals surface area contributed by atoms with E-state index in [1.54, 1.807) is 49.6 Å². The van der Waals surface area contributed by atoms with Gasteiger partial charge < -0.3 is 19.3 Å². The molecule has 1 unspecified atom stereocenters. The maximum atomic E-state index is 14.0. The topological polar surface area (TPSA) is 111 Å². The Labute approximate surface area is 328 Å². The number of aromatic nitrogens is 2. The van der Waals surface area contributed by atoms with Crippen LogP contribution in [0.15, 0.2) is 119 Å². The van der Waals surface area contributed by atoms with E-state index in [1.165, 1.54) is 28.0 Å². The lowest BCUT2D eigenvalue weighted by Gasteiger charge is -2.23. The molecule has 0 bridgehead atoms. The van der Waals surface area contributed by atoms with Crippen molar-refractivity contribution in [2.75, 3.05) is 18.6 Å². The van der Waals surface area contributed by atoms with E-state index in [9.17, 15) is 14.7 Å². The van der Waals surface area contributed by atoms with Crippen molar-refractivity contribution in [2.24, 2.45) is 0 Å². The summed E-state index contributed by atoms with van der Waals surface area (Å²) in [5.41, 5.74) is 4.15. The lowest BCUT2D eigenvalue weighted by Crippen LogP contribution is -2.29. The number of unbranched alkanes of at least 4 members (excludes halogenated alkanes) is 2. The molecule has 0 aliphatic carbocycles. The lowest BCUT2D eigenvalue weighted by molar-refractivity contribution is -0.132. The number of ether oxygens (including phenoxy) is 3. The lowest BCUT2D eigenvalue weighted by atomic mass is 9.95. The number of methoxy groups -OCH3 is 1. The standard InChI is InChI=1S/C44H41N3O6S2/c1-4-5-8-23-52-36-22-19-32(25-37(36)51-3)39-38(40(48)31-17-20-34(21-18-31)53-26-29-12-9-11-28(2)24-29)41(49)42(50)47(39)43-45-46-44(55-43)54-27-33-15-10-14-30-13-6-7-16-35(30)33/h6-7,9-22,24-25,39,48H,4-5,8,23,26-27H2,1-3H3/b40-38+. The first-order chi connectivity index (χ1) is 26.8. The Morgan fingerprint density at radius 1 is 0.873 bits per heavy atom. The van der Waals surface area contributed by atoms with E-state index in [0.717, 1.165) is 46.7 Å². The summed E-state index contributed by atoms with van der Waals surface area (Å²) >= 11 is 2.73. The molecule has 0 spiro atoms. The fourth-order valence-electron chi connectivity index (χ4n) is 6.60. The average Bonchev–Trinajstić information content (AvgIpc) is 3.79. The van der Waals surface area contributed by atoms with Gasteiger partial charge in [0.1, 0.15) is 18.1 Å². The number of carbonyl (C=O) groups excluding carboxylic acids is 2. The second-order valence-electron chi connectivity index (χ2n) is 13.2. The highest BCUT2D eigenvalue weighted by atomic mass is 32.2. The number of rotatable bonds is 15. The number of hydrogen-bond acceptors (Lipinski definition) is 10. The second-order valence-corrected chi connectivity index (χ2v) is 15.4. The van der Waals surface area contributed by atoms with Crippen LogP contribution < -0.4 is 19.1 Å². The molecule has 7 rings (SSSR count). The molecule has 1 saturated heterocycles. The molecular formula is C44H41N3O6S2. The maximum Gasteiger partial charge on any atom is 0.301 e. The van der Waals surface area contributed by atoms with Crippen molar-refractivity contribution in [3.63, 3.8) is 0 Å². The first-order valence-electron chi connectivity index (χ1n) is 18.2. The van der Waals surface area contributed by atoms with Crippen LogP contribution in [0, 0.1) is 6.92 Å². The van der Waals surface area contributed by atoms with Gasteiger partial charge >= 0.3 is 5.91 Å². The van der Waals surface area contributed by atoms with Gasteiger partial charge in [-0.05, 0) is 77.2 Å². The van der Waals surface area contributed by atoms with Crippen LogP contribution in [0.25, 0.3) is 16.5 Å². The predicted molar refractivity (Wildman–Crippen MR) is 218 cm³/mol. The van der Waals surface area contributed by atoms with E-state index in [-0.39, 0.29) is 16.5 Å². The highest BCUT2D eigenvalue weighted by Gasteiger charge is 2.48. The molecule has 280 valence electrons. The maximum absolute atomic E-state index is 14.0. The Kier molecular flexibility index (Phi) is 11.8. The Bertz CT molecular complexity index is 2350. The number of aryl methyl sites for hydroxylation is 1. The molecule has 0 saturated carbocycles. The third-order valence-corrected chi connectivity index (χ3v) is 11.5. The molecule has 1 aliphatic heterocycles. The van der Waals surface area contributed by atoms with E-state index in [2.05, 4.69) is 47.5 Å². The van der Waals surface area contributed by atoms with Crippen molar-refractivity contribution < 1.29 is 28.9 Å². The molecule has 1 amide bonds. The summed E-state index contributed by atoms with van der Waals surface area (Å²) in [4.78, 5) is 29.3. The SMILES string of the molecule is CCCCCOc1ccc(C2/C(=C(\O)c3ccc(OCc4cccc(C)c4)cc3)C(=O)C(=O)N2c2nnc(SCc3cccc4ccccc34)s2)cc1OC. The molecule has 1 aliphatic rings. The highest BCUT2D eigenvalue weighted by molar-refractivity contribution is 8.00. The first kappa shape index (κ1) is 37.7. The molecular weight excluding hydrogens is 731 g/mol. The summed E-state index contributed by atoms with van der Waals surface area (Å²) in [7, 11) is 1.54. The van der Waals surface area contributed by atoms with Crippen LogP contribution >= 0.6 is 23.1 Å². The zero-order chi connectivity index (χ0) is 38.3. The van der Waals surface area contributed by atoms with E-state index in [0.29, 0.717) is 51.7 Å². The van der Waals surface area contributed by atoms with Crippen LogP contribution in [0.5, 0.6) is 17.2 Å². The zero-order valence-corrected chi connectivity index (χ0v) is 32.5. The summed E-state index contributed by atoms with van der Waals surface area (Å²) in [6.45, 7) is 5.06. The number of thioether (sulfide) groups is 1. The molecule has 1 atom stereocenters. The number of aliphatic hydroxyl groups is 1. The fourth-order valence-corrected chi connectivity index (χ4v) is 8.47. The summed E-state index contributed by atoms with van der Waals surface area (Å²) < 4.78 is 18.4. The van der Waals surface area contributed by atoms with Crippen molar-refractivity contribution >= 4 is 56.5 Å². The van der Waals surface area contributed by atoms with Crippen molar-refractivity contribution in [1.29, 1.82) is 0 Å². The Balaban J connectivity index is 1.21. The molecule has 1 N–H and O–H groups in total. The van der Waals surface area contributed by atoms with Gasteiger partial charge in [-0.1, -0.05) is 121 Å². The highest BCUT2D eigenvalue weighted by Crippen LogP contribution is 2.46. The van der Waals surface area contributed by atoms with Gasteiger partial charge in [-0.3, -0.25) is 14.5 Å². The molecule has 1 fully saturated rings. The zero-order valence-electron chi connectivity index (χ0n) is 30.9. The number of benzene rings is 5. The minimum atomic E-state index is -1.02. The number of anilines is 1. The van der Waals surface area contributed by atoms with Crippen LogP contribution in [0.3, 0.4) is 0 Å². The molecule has 55 heavy (non-hydrogen) atoms. The first-order valence-corrected chi connectivity index (χ1v) is 20.0. The number of amides is 1. The largest absolute Gasteiger partial charge is 0.507 e. The number of fused-ring (bicyclic) bond motifs is 1. The van der Waals surface area contributed by atoms with Crippen molar-refractivity contribution in [3.8, 4) is 17.2 Å². The van der Waals surface area contributed by atoms with Crippen molar-refractivity contribution in [1.82, 2.24) is 10.2 Å². The van der Waals surface area contributed by atoms with Crippen LogP contribution in [0.1, 0.15) is 60.0 Å². The average molecular weight is 772 g/mol. The molecule has 6 aromatic rings. The number of Topliss-reactive ketones (excluding diaryl/α,β-unsaturated/α-hetero) is 1. The van der Waals surface area contributed by atoms with Crippen LogP contribution in [-0.4, -0.2) is 40.7 Å². The third kappa shape index (κ3) is 8.38. The Morgan fingerprint density at radius 3 is 2.47 bits per heavy atom. The van der Waals surface area contributed by atoms with Gasteiger partial charge in [0.05, 0.1) is 25.3 Å². The van der Waals surface area contributed by atoms with Crippen molar-refractivity contribution in [2.45, 2.75) is 55.9 Å². The number of hydrogen-bond donors (Lipinski definition) is 1. The van der Waals surface area contributed by atoms with Gasteiger partial charge in [0, 0.05) is 11.3 Å². The number of carbonyl (C=O) groups is 2. The van der Waals surface area contributed by atoms with Gasteiger partial charge in [0.25, 0.3) is 5.78 Å². The number of aliphatic hydroxyl groups excluding tert-OH is 1. The summed E-state index contributed by atoms with van der Waals surface area (Å²) in [5.74, 6) is 0.259. The third-order valence-electron chi connectivity index (χ3n) is 9.40. The Hall–Kier alpha value is -5.65. The molecule has 2 heterocycles.